The van der Waals surface area contributed by atoms with Gasteiger partial charge in [0.1, 0.15) is 11.5 Å². The summed E-state index contributed by atoms with van der Waals surface area (Å²) >= 11 is 0. The lowest BCUT2D eigenvalue weighted by Crippen LogP contribution is -2.15. The van der Waals surface area contributed by atoms with Gasteiger partial charge in [0.05, 0.1) is 23.6 Å². The molecule has 0 saturated carbocycles. The van der Waals surface area contributed by atoms with Crippen LogP contribution in [0.4, 0.5) is 19.0 Å². The van der Waals surface area contributed by atoms with Crippen LogP contribution in [-0.2, 0) is 13.2 Å². The number of amides is 1. The normalized spacial score (nSPS) is 11.6. The highest BCUT2D eigenvalue weighted by molar-refractivity contribution is 6.04. The van der Waals surface area contributed by atoms with Crippen molar-refractivity contribution in [1.82, 2.24) is 29.8 Å². The maximum Gasteiger partial charge on any atom is 0.416 e. The van der Waals surface area contributed by atoms with Gasteiger partial charge in [-0.2, -0.15) is 18.3 Å². The van der Waals surface area contributed by atoms with Crippen molar-refractivity contribution in [3.63, 3.8) is 0 Å². The molecule has 1 aromatic carbocycles. The van der Waals surface area contributed by atoms with Crippen LogP contribution in [0.3, 0.4) is 0 Å². The van der Waals surface area contributed by atoms with Gasteiger partial charge in [-0.15, -0.1) is 5.10 Å². The van der Waals surface area contributed by atoms with Crippen LogP contribution in [0.25, 0.3) is 16.9 Å². The highest BCUT2D eigenvalue weighted by Crippen LogP contribution is 2.30. The van der Waals surface area contributed by atoms with Gasteiger partial charge in [-0.3, -0.25) is 9.48 Å². The van der Waals surface area contributed by atoms with Crippen LogP contribution < -0.4 is 5.32 Å². The standard InChI is InChI=1S/C21H18F3N7O/c1-12-4-5-14(20(32)27-19-9-15(6-7-25-19)21(22,23)24)8-18(12)31-11-17(28-29-31)16-10-26-30(3)13(16)2/h4-11H,1-3H3,(H,25,27,32). The van der Waals surface area contributed by atoms with E-state index in [1.165, 1.54) is 4.68 Å². The minimum absolute atomic E-state index is 0.193. The van der Waals surface area contributed by atoms with Gasteiger partial charge in [-0.1, -0.05) is 11.3 Å². The Morgan fingerprint density at radius 3 is 2.59 bits per heavy atom. The van der Waals surface area contributed by atoms with Gasteiger partial charge in [-0.05, 0) is 43.7 Å². The third kappa shape index (κ3) is 4.09. The fourth-order valence-electron chi connectivity index (χ4n) is 3.12. The number of carbonyl (C=O) groups excluding carboxylic acids is 1. The van der Waals surface area contributed by atoms with E-state index in [1.807, 2.05) is 20.9 Å². The number of nitrogens with zero attached hydrogens (tertiary/aromatic N) is 6. The van der Waals surface area contributed by atoms with Crippen LogP contribution in [0.5, 0.6) is 0 Å². The molecule has 3 aromatic heterocycles. The molecule has 1 N–H and O–H groups in total. The average Bonchev–Trinajstić information content (AvgIpc) is 3.35. The van der Waals surface area contributed by atoms with Crippen molar-refractivity contribution < 1.29 is 18.0 Å². The molecule has 0 aliphatic rings. The minimum atomic E-state index is -4.53. The van der Waals surface area contributed by atoms with E-state index >= 15 is 0 Å². The zero-order valence-corrected chi connectivity index (χ0v) is 17.3. The molecular weight excluding hydrogens is 423 g/mol. The number of anilines is 1. The zero-order valence-electron chi connectivity index (χ0n) is 17.3. The van der Waals surface area contributed by atoms with Crippen molar-refractivity contribution in [2.24, 2.45) is 7.05 Å². The van der Waals surface area contributed by atoms with Crippen molar-refractivity contribution in [2.75, 3.05) is 5.32 Å². The number of halogens is 3. The Hall–Kier alpha value is -4.02. The number of nitrogens with one attached hydrogen (secondary N) is 1. The molecule has 164 valence electrons. The van der Waals surface area contributed by atoms with Gasteiger partial charge < -0.3 is 5.32 Å². The third-order valence-electron chi connectivity index (χ3n) is 5.05. The number of carbonyl (C=O) groups is 1. The summed E-state index contributed by atoms with van der Waals surface area (Å²) in [6.45, 7) is 3.77. The molecular formula is C21H18F3N7O. The van der Waals surface area contributed by atoms with E-state index in [0.29, 0.717) is 11.4 Å². The molecule has 0 aliphatic heterocycles. The number of rotatable bonds is 4. The third-order valence-corrected chi connectivity index (χ3v) is 5.05. The number of alkyl halides is 3. The molecule has 0 unspecified atom stereocenters. The van der Waals surface area contributed by atoms with Crippen LogP contribution in [-0.4, -0.2) is 35.7 Å². The van der Waals surface area contributed by atoms with Crippen molar-refractivity contribution in [3.8, 4) is 16.9 Å². The monoisotopic (exact) mass is 441 g/mol. The first-order chi connectivity index (χ1) is 15.1. The molecule has 0 saturated heterocycles. The molecule has 0 atom stereocenters. The molecule has 0 radical (unpaired) electrons. The Bertz CT molecular complexity index is 1310. The summed E-state index contributed by atoms with van der Waals surface area (Å²) in [5.41, 5.74) is 3.16. The molecule has 3 heterocycles. The minimum Gasteiger partial charge on any atom is -0.307 e. The van der Waals surface area contributed by atoms with E-state index in [2.05, 4.69) is 25.7 Å². The Labute approximate surface area is 180 Å². The molecule has 1 amide bonds. The summed E-state index contributed by atoms with van der Waals surface area (Å²) in [5.74, 6) is -0.788. The quantitative estimate of drug-likeness (QED) is 0.518. The van der Waals surface area contributed by atoms with Gasteiger partial charge in [0, 0.05) is 30.1 Å². The van der Waals surface area contributed by atoms with E-state index in [9.17, 15) is 18.0 Å². The fraction of sp³-hybridized carbons (Fsp3) is 0.190. The van der Waals surface area contributed by atoms with Crippen LogP contribution in [0, 0.1) is 13.8 Å². The zero-order chi connectivity index (χ0) is 23.0. The highest BCUT2D eigenvalue weighted by Gasteiger charge is 2.30. The van der Waals surface area contributed by atoms with E-state index < -0.39 is 17.6 Å². The van der Waals surface area contributed by atoms with Crippen molar-refractivity contribution >= 4 is 11.7 Å². The average molecular weight is 441 g/mol. The second kappa shape index (κ2) is 7.91. The Morgan fingerprint density at radius 2 is 1.91 bits per heavy atom. The lowest BCUT2D eigenvalue weighted by Gasteiger charge is -2.10. The molecule has 32 heavy (non-hydrogen) atoms. The smallest absolute Gasteiger partial charge is 0.307 e. The van der Waals surface area contributed by atoms with Crippen LogP contribution in [0.1, 0.15) is 27.2 Å². The van der Waals surface area contributed by atoms with Gasteiger partial charge in [-0.25, -0.2) is 9.67 Å². The summed E-state index contributed by atoms with van der Waals surface area (Å²) in [6.07, 6.45) is -0.113. The maximum atomic E-state index is 12.9. The molecule has 0 bridgehead atoms. The molecule has 11 heteroatoms. The SMILES string of the molecule is Cc1ccc(C(=O)Nc2cc(C(F)(F)F)ccn2)cc1-n1cc(-c2cnn(C)c2C)nn1. The van der Waals surface area contributed by atoms with Gasteiger partial charge >= 0.3 is 6.18 Å². The van der Waals surface area contributed by atoms with Gasteiger partial charge in [0.25, 0.3) is 5.91 Å². The second-order valence-electron chi connectivity index (χ2n) is 7.20. The highest BCUT2D eigenvalue weighted by atomic mass is 19.4. The molecule has 0 fully saturated rings. The van der Waals surface area contributed by atoms with Crippen LogP contribution >= 0.6 is 0 Å². The number of aryl methyl sites for hydroxylation is 2. The molecule has 0 spiro atoms. The number of hydrogen-bond acceptors (Lipinski definition) is 5. The number of benzene rings is 1. The molecule has 8 nitrogen and oxygen atoms in total. The molecule has 4 aromatic rings. The summed E-state index contributed by atoms with van der Waals surface area (Å²) in [7, 11) is 1.83. The summed E-state index contributed by atoms with van der Waals surface area (Å²) in [4.78, 5) is 16.5. The first-order valence-electron chi connectivity index (χ1n) is 9.50. The lowest BCUT2D eigenvalue weighted by atomic mass is 10.1. The maximum absolute atomic E-state index is 12.9. The summed E-state index contributed by atoms with van der Waals surface area (Å²) in [6, 6.07) is 6.51. The second-order valence-corrected chi connectivity index (χ2v) is 7.20. The Morgan fingerprint density at radius 1 is 1.12 bits per heavy atom. The summed E-state index contributed by atoms with van der Waals surface area (Å²) in [5, 5.41) is 15.0. The predicted octanol–water partition coefficient (Wildman–Crippen LogP) is 3.95. The van der Waals surface area contributed by atoms with Gasteiger partial charge in [0.15, 0.2) is 0 Å². The predicted molar refractivity (Wildman–Crippen MR) is 110 cm³/mol. The van der Waals surface area contributed by atoms with Gasteiger partial charge in [0.2, 0.25) is 0 Å². The van der Waals surface area contributed by atoms with Crippen molar-refractivity contribution in [2.45, 2.75) is 20.0 Å². The molecule has 4 rings (SSSR count). The van der Waals surface area contributed by atoms with E-state index in [0.717, 1.165) is 35.2 Å². The Balaban J connectivity index is 1.61. The number of aromatic nitrogens is 6. The largest absolute Gasteiger partial charge is 0.416 e. The number of hydrogen-bond donors (Lipinski definition) is 1. The summed E-state index contributed by atoms with van der Waals surface area (Å²) < 4.78 is 42.0. The fourth-order valence-corrected chi connectivity index (χ4v) is 3.12. The lowest BCUT2D eigenvalue weighted by molar-refractivity contribution is -0.137. The van der Waals surface area contributed by atoms with Crippen LogP contribution in [0.2, 0.25) is 0 Å². The number of pyridine rings is 1. The van der Waals surface area contributed by atoms with Crippen molar-refractivity contribution in [3.05, 3.63) is 71.3 Å². The Kier molecular flexibility index (Phi) is 5.25. The topological polar surface area (TPSA) is 90.5 Å². The van der Waals surface area contributed by atoms with E-state index in [1.54, 1.807) is 35.3 Å². The van der Waals surface area contributed by atoms with E-state index in [-0.39, 0.29) is 11.4 Å². The first-order valence-corrected chi connectivity index (χ1v) is 9.50. The van der Waals surface area contributed by atoms with Crippen LogP contribution in [0.15, 0.2) is 48.9 Å². The van der Waals surface area contributed by atoms with E-state index in [4.69, 9.17) is 0 Å². The first kappa shape index (κ1) is 21.2. The molecule has 0 aliphatic carbocycles. The van der Waals surface area contributed by atoms with Crippen molar-refractivity contribution in [1.29, 1.82) is 0 Å².